The Kier molecular flexibility index (Phi) is 6.08. The van der Waals surface area contributed by atoms with Crippen LogP contribution in [0.25, 0.3) is 6.08 Å². The first kappa shape index (κ1) is 26.8. The van der Waals surface area contributed by atoms with Gasteiger partial charge in [0.25, 0.3) is 0 Å². The number of benzene rings is 1. The third-order valence-electron chi connectivity index (χ3n) is 10.9. The Morgan fingerprint density at radius 1 is 1.08 bits per heavy atom. The minimum absolute atomic E-state index is 0.0310. The molecule has 9 atom stereocenters. The summed E-state index contributed by atoms with van der Waals surface area (Å²) in [6.45, 7) is 13.5. The van der Waals surface area contributed by atoms with Gasteiger partial charge in [0.05, 0.1) is 12.2 Å². The molecule has 2 bridgehead atoms. The number of ketones is 1. The summed E-state index contributed by atoms with van der Waals surface area (Å²) < 4.78 is 11.9. The average molecular weight is 523 g/mol. The van der Waals surface area contributed by atoms with Gasteiger partial charge in [0.1, 0.15) is 18.0 Å². The SMILES string of the molecule is C=C1C(OC(=O)C=Cc2ccccc2)CCC2(C)C(O)C(OC(C)=O)C34C(C)C(=O)CC(C(O)C123)C4(C)C. The van der Waals surface area contributed by atoms with Crippen LogP contribution in [0.4, 0.5) is 0 Å². The normalized spacial score (nSPS) is 43.0. The van der Waals surface area contributed by atoms with Crippen LogP contribution in [0.1, 0.15) is 59.4 Å². The molecule has 0 aromatic heterocycles. The van der Waals surface area contributed by atoms with Crippen LogP contribution in [0, 0.1) is 33.5 Å². The largest absolute Gasteiger partial charge is 0.459 e. The van der Waals surface area contributed by atoms with Gasteiger partial charge in [-0.1, -0.05) is 64.6 Å². The van der Waals surface area contributed by atoms with Gasteiger partial charge in [0.2, 0.25) is 0 Å². The van der Waals surface area contributed by atoms with Crippen molar-refractivity contribution in [1.29, 1.82) is 0 Å². The van der Waals surface area contributed by atoms with Crippen LogP contribution in [0.15, 0.2) is 48.6 Å². The van der Waals surface area contributed by atoms with E-state index in [1.807, 2.05) is 58.0 Å². The van der Waals surface area contributed by atoms with Gasteiger partial charge in [0, 0.05) is 41.6 Å². The molecule has 204 valence electrons. The first-order chi connectivity index (χ1) is 17.8. The summed E-state index contributed by atoms with van der Waals surface area (Å²) in [5.74, 6) is -2.19. The smallest absolute Gasteiger partial charge is 0.331 e. The van der Waals surface area contributed by atoms with Gasteiger partial charge in [-0.3, -0.25) is 9.59 Å². The van der Waals surface area contributed by atoms with E-state index in [2.05, 4.69) is 6.58 Å². The lowest BCUT2D eigenvalue weighted by Gasteiger charge is -2.60. The fraction of sp³-hybridized carbons (Fsp3) is 0.581. The van der Waals surface area contributed by atoms with Crippen molar-refractivity contribution in [2.75, 3.05) is 0 Å². The number of carbonyl (C=O) groups is 3. The Hall–Kier alpha value is -2.77. The second-order valence-corrected chi connectivity index (χ2v) is 12.5. The second-order valence-electron chi connectivity index (χ2n) is 12.5. The van der Waals surface area contributed by atoms with Crippen molar-refractivity contribution in [3.63, 3.8) is 0 Å². The van der Waals surface area contributed by atoms with E-state index in [1.165, 1.54) is 13.0 Å². The zero-order valence-corrected chi connectivity index (χ0v) is 22.8. The monoisotopic (exact) mass is 522 g/mol. The van der Waals surface area contributed by atoms with E-state index in [0.717, 1.165) is 5.56 Å². The van der Waals surface area contributed by atoms with Crippen molar-refractivity contribution in [2.45, 2.75) is 78.3 Å². The van der Waals surface area contributed by atoms with Crippen molar-refractivity contribution < 1.29 is 34.1 Å². The van der Waals surface area contributed by atoms with Gasteiger partial charge in [-0.15, -0.1) is 0 Å². The van der Waals surface area contributed by atoms with E-state index < -0.39 is 69.9 Å². The van der Waals surface area contributed by atoms with Gasteiger partial charge >= 0.3 is 11.9 Å². The highest BCUT2D eigenvalue weighted by Gasteiger charge is 2.90. The van der Waals surface area contributed by atoms with Crippen LogP contribution in [0.5, 0.6) is 0 Å². The van der Waals surface area contributed by atoms with Gasteiger partial charge in [-0.25, -0.2) is 4.79 Å². The van der Waals surface area contributed by atoms with Crippen LogP contribution in [-0.4, -0.2) is 52.4 Å². The Bertz CT molecular complexity index is 1220. The standard InChI is InChI=1S/C31H38O7/c1-17-22(33)16-21-25(35)30-18(2)23(38-24(34)13-12-20-10-8-7-9-11-20)14-15-29(30,6)26(36)27(37-19(3)32)31(17,30)28(21,4)5/h7-13,17,21,23,25-27,35-36H,2,14-16H2,1,3-6H3. The molecular weight excluding hydrogens is 484 g/mol. The average Bonchev–Trinajstić information content (AvgIpc) is 3.09. The topological polar surface area (TPSA) is 110 Å². The van der Waals surface area contributed by atoms with Crippen molar-refractivity contribution in [3.05, 3.63) is 54.1 Å². The molecule has 2 N–H and O–H groups in total. The van der Waals surface area contributed by atoms with E-state index >= 15 is 0 Å². The van der Waals surface area contributed by atoms with E-state index in [-0.39, 0.29) is 12.2 Å². The van der Waals surface area contributed by atoms with Gasteiger partial charge in [0.15, 0.2) is 0 Å². The molecule has 0 heterocycles. The number of hydrogen-bond donors (Lipinski definition) is 2. The van der Waals surface area contributed by atoms with Gasteiger partial charge < -0.3 is 19.7 Å². The molecule has 0 aliphatic heterocycles. The van der Waals surface area contributed by atoms with Crippen LogP contribution in [0.2, 0.25) is 0 Å². The maximum absolute atomic E-state index is 13.5. The predicted octanol–water partition coefficient (Wildman–Crippen LogP) is 3.87. The number of fused-ring (bicyclic) bond motifs is 1. The Morgan fingerprint density at radius 3 is 2.37 bits per heavy atom. The zero-order chi connectivity index (χ0) is 27.8. The molecule has 0 amide bonds. The maximum atomic E-state index is 13.5. The highest BCUT2D eigenvalue weighted by Crippen LogP contribution is 2.85. The van der Waals surface area contributed by atoms with Crippen molar-refractivity contribution in [3.8, 4) is 0 Å². The highest BCUT2D eigenvalue weighted by molar-refractivity contribution is 5.87. The van der Waals surface area contributed by atoms with Crippen LogP contribution >= 0.6 is 0 Å². The fourth-order valence-electron chi connectivity index (χ4n) is 9.53. The summed E-state index contributed by atoms with van der Waals surface area (Å²) in [5, 5.41) is 24.1. The number of Topliss-reactive ketones (excluding diaryl/α,β-unsaturated/α-hetero) is 1. The number of aliphatic hydroxyl groups is 2. The minimum atomic E-state index is -1.22. The molecule has 38 heavy (non-hydrogen) atoms. The highest BCUT2D eigenvalue weighted by atomic mass is 16.6. The molecule has 7 nitrogen and oxygen atoms in total. The quantitative estimate of drug-likeness (QED) is 0.351. The van der Waals surface area contributed by atoms with E-state index in [0.29, 0.717) is 18.4 Å². The molecule has 0 radical (unpaired) electrons. The number of esters is 2. The fourth-order valence-corrected chi connectivity index (χ4v) is 9.53. The summed E-state index contributed by atoms with van der Waals surface area (Å²) in [4.78, 5) is 38.8. The van der Waals surface area contributed by atoms with Crippen molar-refractivity contribution in [1.82, 2.24) is 0 Å². The molecule has 4 fully saturated rings. The van der Waals surface area contributed by atoms with Crippen molar-refractivity contribution >= 4 is 23.8 Å². The van der Waals surface area contributed by atoms with E-state index in [4.69, 9.17) is 9.47 Å². The first-order valence-electron chi connectivity index (χ1n) is 13.5. The molecule has 2 spiro atoms. The van der Waals surface area contributed by atoms with E-state index in [1.54, 1.807) is 6.08 Å². The number of rotatable bonds is 4. The molecule has 0 saturated heterocycles. The zero-order valence-electron chi connectivity index (χ0n) is 22.8. The molecule has 4 aliphatic rings. The van der Waals surface area contributed by atoms with Crippen LogP contribution in [0.3, 0.4) is 0 Å². The number of ether oxygens (including phenoxy) is 2. The lowest BCUT2D eigenvalue weighted by molar-refractivity contribution is -0.190. The summed E-state index contributed by atoms with van der Waals surface area (Å²) >= 11 is 0. The third kappa shape index (κ3) is 3.00. The predicted molar refractivity (Wildman–Crippen MR) is 140 cm³/mol. The molecular formula is C31H38O7. The Labute approximate surface area is 223 Å². The van der Waals surface area contributed by atoms with Crippen LogP contribution < -0.4 is 0 Å². The van der Waals surface area contributed by atoms with Gasteiger partial charge in [-0.05, 0) is 41.4 Å². The molecule has 5 rings (SSSR count). The maximum Gasteiger partial charge on any atom is 0.331 e. The molecule has 1 aromatic rings. The Balaban J connectivity index is 1.62. The molecule has 4 aliphatic carbocycles. The molecule has 4 saturated carbocycles. The molecule has 9 unspecified atom stereocenters. The first-order valence-corrected chi connectivity index (χ1v) is 13.5. The molecule has 1 aromatic carbocycles. The lowest BCUT2D eigenvalue weighted by Crippen LogP contribution is -2.63. The second kappa shape index (κ2) is 8.62. The van der Waals surface area contributed by atoms with Crippen molar-refractivity contribution in [2.24, 2.45) is 33.5 Å². The summed E-state index contributed by atoms with van der Waals surface area (Å²) in [6, 6.07) is 9.40. The third-order valence-corrected chi connectivity index (χ3v) is 10.9. The number of hydrogen-bond acceptors (Lipinski definition) is 7. The summed E-state index contributed by atoms with van der Waals surface area (Å²) in [6.07, 6.45) is 0.0855. The Morgan fingerprint density at radius 2 is 1.74 bits per heavy atom. The summed E-state index contributed by atoms with van der Waals surface area (Å²) in [5.41, 5.74) is -2.66. The minimum Gasteiger partial charge on any atom is -0.459 e. The summed E-state index contributed by atoms with van der Waals surface area (Å²) in [7, 11) is 0. The number of aliphatic hydroxyl groups excluding tert-OH is 2. The van der Waals surface area contributed by atoms with Crippen LogP contribution in [-0.2, 0) is 23.9 Å². The van der Waals surface area contributed by atoms with E-state index in [9.17, 15) is 24.6 Å². The lowest BCUT2D eigenvalue weighted by atomic mass is 9.42. The molecule has 7 heteroatoms. The number of carbonyl (C=O) groups excluding carboxylic acids is 3. The van der Waals surface area contributed by atoms with Gasteiger partial charge in [-0.2, -0.15) is 0 Å².